The largest absolute Gasteiger partial charge is 0.306 e. The molecule has 0 spiro atoms. The van der Waals surface area contributed by atoms with Crippen molar-refractivity contribution in [2.24, 2.45) is 11.8 Å². The molecule has 2 heterocycles. The van der Waals surface area contributed by atoms with Crippen LogP contribution in [0.25, 0.3) is 5.65 Å². The van der Waals surface area contributed by atoms with Crippen LogP contribution in [-0.4, -0.2) is 36.4 Å². The van der Waals surface area contributed by atoms with E-state index in [9.17, 15) is 8.42 Å². The zero-order chi connectivity index (χ0) is 15.5. The van der Waals surface area contributed by atoms with Gasteiger partial charge in [0.05, 0.1) is 0 Å². The van der Waals surface area contributed by atoms with Gasteiger partial charge in [-0.05, 0) is 30.1 Å². The molecular formula is C12H19N5O2S2. The smallest absolute Gasteiger partial charge is 0.260 e. The number of fused-ring (bicyclic) bond motifs is 1. The van der Waals surface area contributed by atoms with Crippen molar-refractivity contribution in [2.45, 2.75) is 11.9 Å². The second kappa shape index (κ2) is 6.65. The molecule has 1 unspecified atom stereocenters. The molecule has 0 fully saturated rings. The van der Waals surface area contributed by atoms with Gasteiger partial charge in [-0.15, -0.1) is 0 Å². The molecule has 0 amide bonds. The standard InChI is InChI=1S/C12H19N5O2S2/c1-9(8-20-2)7-14-21(18,19)12-11(16-13)15-10-5-3-4-6-17(10)12/h3-6,9,14,16H,7-8,13H2,1-2H3. The molecule has 0 aromatic carbocycles. The van der Waals surface area contributed by atoms with Gasteiger partial charge in [-0.1, -0.05) is 13.0 Å². The van der Waals surface area contributed by atoms with Crippen molar-refractivity contribution in [1.82, 2.24) is 14.1 Å². The van der Waals surface area contributed by atoms with Gasteiger partial charge in [0.2, 0.25) is 0 Å². The second-order valence-corrected chi connectivity index (χ2v) is 7.34. The lowest BCUT2D eigenvalue weighted by Gasteiger charge is -2.12. The van der Waals surface area contributed by atoms with Crippen LogP contribution in [0.2, 0.25) is 0 Å². The van der Waals surface area contributed by atoms with Gasteiger partial charge in [-0.2, -0.15) is 11.8 Å². The van der Waals surface area contributed by atoms with Gasteiger partial charge in [0, 0.05) is 12.7 Å². The Hall–Kier alpha value is -1.29. The van der Waals surface area contributed by atoms with Crippen LogP contribution >= 0.6 is 11.8 Å². The summed E-state index contributed by atoms with van der Waals surface area (Å²) in [5, 5.41) is 0.0250. The summed E-state index contributed by atoms with van der Waals surface area (Å²) in [5.74, 6) is 6.65. The van der Waals surface area contributed by atoms with E-state index in [0.717, 1.165) is 5.75 Å². The third-order valence-electron chi connectivity index (χ3n) is 2.95. The molecule has 0 aliphatic rings. The summed E-state index contributed by atoms with van der Waals surface area (Å²) in [6.07, 6.45) is 3.63. The van der Waals surface area contributed by atoms with Crippen LogP contribution in [0, 0.1) is 5.92 Å². The van der Waals surface area contributed by atoms with Crippen LogP contribution in [-0.2, 0) is 10.0 Å². The SMILES string of the molecule is CSCC(C)CNS(=O)(=O)c1c(NN)nc2ccccn12. The van der Waals surface area contributed by atoms with Gasteiger partial charge in [-0.3, -0.25) is 4.40 Å². The van der Waals surface area contributed by atoms with Crippen molar-refractivity contribution >= 4 is 33.3 Å². The van der Waals surface area contributed by atoms with Crippen LogP contribution in [0.5, 0.6) is 0 Å². The highest BCUT2D eigenvalue weighted by Gasteiger charge is 2.25. The van der Waals surface area contributed by atoms with Gasteiger partial charge < -0.3 is 5.43 Å². The molecular weight excluding hydrogens is 310 g/mol. The molecule has 21 heavy (non-hydrogen) atoms. The fourth-order valence-electron chi connectivity index (χ4n) is 1.99. The van der Waals surface area contributed by atoms with Crippen molar-refractivity contribution in [3.8, 4) is 0 Å². The first-order chi connectivity index (χ1) is 9.99. The van der Waals surface area contributed by atoms with E-state index >= 15 is 0 Å². The summed E-state index contributed by atoms with van der Waals surface area (Å²) in [6.45, 7) is 2.36. The summed E-state index contributed by atoms with van der Waals surface area (Å²) >= 11 is 1.68. The first-order valence-corrected chi connectivity index (χ1v) is 9.29. The van der Waals surface area contributed by atoms with Crippen LogP contribution in [0.4, 0.5) is 5.82 Å². The van der Waals surface area contributed by atoms with E-state index < -0.39 is 10.0 Å². The van der Waals surface area contributed by atoms with Gasteiger partial charge in [-0.25, -0.2) is 24.0 Å². The van der Waals surface area contributed by atoms with Crippen molar-refractivity contribution in [2.75, 3.05) is 24.0 Å². The van der Waals surface area contributed by atoms with Crippen molar-refractivity contribution in [1.29, 1.82) is 0 Å². The minimum Gasteiger partial charge on any atom is -0.306 e. The number of imidazole rings is 1. The minimum absolute atomic E-state index is 0.0250. The van der Waals surface area contributed by atoms with E-state index in [0.29, 0.717) is 12.2 Å². The lowest BCUT2D eigenvalue weighted by molar-refractivity contribution is 0.558. The summed E-state index contributed by atoms with van der Waals surface area (Å²) in [4.78, 5) is 4.16. The minimum atomic E-state index is -3.70. The Bertz CT molecular complexity index is 714. The van der Waals surface area contributed by atoms with Crippen LogP contribution in [0.1, 0.15) is 6.92 Å². The van der Waals surface area contributed by atoms with E-state index in [1.807, 2.05) is 13.2 Å². The second-order valence-electron chi connectivity index (χ2n) is 4.75. The third kappa shape index (κ3) is 3.49. The number of sulfonamides is 1. The Morgan fingerprint density at radius 2 is 2.24 bits per heavy atom. The van der Waals surface area contributed by atoms with Gasteiger partial charge in [0.15, 0.2) is 10.8 Å². The Morgan fingerprint density at radius 3 is 2.90 bits per heavy atom. The fraction of sp³-hybridized carbons (Fsp3) is 0.417. The predicted octanol–water partition coefficient (Wildman–Crippen LogP) is 0.897. The van der Waals surface area contributed by atoms with Crippen molar-refractivity contribution < 1.29 is 8.42 Å². The predicted molar refractivity (Wildman–Crippen MR) is 85.7 cm³/mol. The summed E-state index contributed by atoms with van der Waals surface area (Å²) < 4.78 is 29.2. The number of hydrogen-bond donors (Lipinski definition) is 3. The molecule has 7 nitrogen and oxygen atoms in total. The average Bonchev–Trinajstić information content (AvgIpc) is 2.85. The molecule has 2 aromatic rings. The number of nitrogens with one attached hydrogen (secondary N) is 2. The van der Waals surface area contributed by atoms with Crippen molar-refractivity contribution in [3.05, 3.63) is 24.4 Å². The Balaban J connectivity index is 2.35. The number of hydrazine groups is 1. The number of aromatic nitrogens is 2. The summed E-state index contributed by atoms with van der Waals surface area (Å²) in [6, 6.07) is 5.24. The van der Waals surface area contributed by atoms with Gasteiger partial charge >= 0.3 is 0 Å². The number of thioether (sulfide) groups is 1. The zero-order valence-electron chi connectivity index (χ0n) is 11.9. The molecule has 0 radical (unpaired) electrons. The molecule has 2 rings (SSSR count). The average molecular weight is 329 g/mol. The molecule has 9 heteroatoms. The Kier molecular flexibility index (Phi) is 5.09. The van der Waals surface area contributed by atoms with Crippen LogP contribution in [0.3, 0.4) is 0 Å². The maximum atomic E-state index is 12.5. The van der Waals surface area contributed by atoms with E-state index in [2.05, 4.69) is 15.1 Å². The normalized spacial score (nSPS) is 13.5. The van der Waals surface area contributed by atoms with E-state index in [1.54, 1.807) is 36.2 Å². The number of rotatable bonds is 7. The van der Waals surface area contributed by atoms with Crippen LogP contribution in [0.15, 0.2) is 29.4 Å². The lowest BCUT2D eigenvalue weighted by Crippen LogP contribution is -2.31. The first-order valence-electron chi connectivity index (χ1n) is 6.42. The van der Waals surface area contributed by atoms with E-state index in [-0.39, 0.29) is 16.8 Å². The van der Waals surface area contributed by atoms with E-state index in [1.165, 1.54) is 4.40 Å². The number of nitrogens with zero attached hydrogens (tertiary/aromatic N) is 2. The molecule has 2 aromatic heterocycles. The highest BCUT2D eigenvalue weighted by atomic mass is 32.2. The Labute approximate surface area is 128 Å². The fourth-order valence-corrected chi connectivity index (χ4v) is 4.09. The van der Waals surface area contributed by atoms with Gasteiger partial charge in [0.1, 0.15) is 5.65 Å². The lowest BCUT2D eigenvalue weighted by atomic mass is 10.2. The highest BCUT2D eigenvalue weighted by Crippen LogP contribution is 2.21. The summed E-state index contributed by atoms with van der Waals surface area (Å²) in [5.41, 5.74) is 2.87. The molecule has 0 saturated heterocycles. The maximum Gasteiger partial charge on any atom is 0.260 e. The molecule has 1 atom stereocenters. The summed E-state index contributed by atoms with van der Waals surface area (Å²) in [7, 11) is -3.70. The molecule has 0 aliphatic carbocycles. The first kappa shape index (κ1) is 16.1. The number of hydrogen-bond acceptors (Lipinski definition) is 6. The molecule has 116 valence electrons. The van der Waals surface area contributed by atoms with Crippen molar-refractivity contribution in [3.63, 3.8) is 0 Å². The number of nitrogens with two attached hydrogens (primary N) is 1. The highest BCUT2D eigenvalue weighted by molar-refractivity contribution is 7.98. The molecule has 0 aliphatic heterocycles. The number of pyridine rings is 1. The third-order valence-corrected chi connectivity index (χ3v) is 5.30. The monoisotopic (exact) mass is 329 g/mol. The maximum absolute atomic E-state index is 12.5. The Morgan fingerprint density at radius 1 is 1.48 bits per heavy atom. The van der Waals surface area contributed by atoms with E-state index in [4.69, 9.17) is 5.84 Å². The van der Waals surface area contributed by atoms with Crippen LogP contribution < -0.4 is 16.0 Å². The molecule has 0 bridgehead atoms. The quantitative estimate of drug-likeness (QED) is 0.515. The number of nitrogen functional groups attached to an aromatic ring is 1. The topological polar surface area (TPSA) is 102 Å². The number of anilines is 1. The molecule has 0 saturated carbocycles. The van der Waals surface area contributed by atoms with Gasteiger partial charge in [0.25, 0.3) is 10.0 Å². The molecule has 4 N–H and O–H groups in total. The zero-order valence-corrected chi connectivity index (χ0v) is 13.5.